The Bertz CT molecular complexity index is 1380. The molecule has 0 spiro atoms. The average Bonchev–Trinajstić information content (AvgIpc) is 2.97. The normalized spacial score (nSPS) is 11.0. The first-order chi connectivity index (χ1) is 17.7. The molecule has 0 aromatic heterocycles. The molecule has 36 heavy (non-hydrogen) atoms. The van der Waals surface area contributed by atoms with Crippen LogP contribution in [0.4, 0.5) is 0 Å². The van der Waals surface area contributed by atoms with Gasteiger partial charge >= 0.3 is 0 Å². The molecular formula is C33H28NOP. The standard InChI is InChI=1S/C33H28NOP/c1-34(32(35)27-17-7-2-8-18-27)33(28-19-9-3-10-20-28)36(29-21-11-4-12-22-29,30-23-13-5-14-24-30)31-25-15-6-16-26-31/h2-26H,1H3. The average molecular weight is 486 g/mol. The number of rotatable bonds is 6. The number of hydrogen-bond acceptors (Lipinski definition) is 1. The van der Waals surface area contributed by atoms with Crippen molar-refractivity contribution in [2.24, 2.45) is 0 Å². The monoisotopic (exact) mass is 485 g/mol. The van der Waals surface area contributed by atoms with E-state index in [9.17, 15) is 4.79 Å². The van der Waals surface area contributed by atoms with Crippen LogP contribution in [0.5, 0.6) is 0 Å². The van der Waals surface area contributed by atoms with E-state index in [1.165, 1.54) is 15.9 Å². The maximum atomic E-state index is 14.0. The lowest BCUT2D eigenvalue weighted by atomic mass is 10.1. The lowest BCUT2D eigenvalue weighted by Crippen LogP contribution is -2.41. The van der Waals surface area contributed by atoms with Gasteiger partial charge < -0.3 is 4.90 Å². The molecular weight excluding hydrogens is 457 g/mol. The third-order valence-corrected chi connectivity index (χ3v) is 10.8. The van der Waals surface area contributed by atoms with Gasteiger partial charge in [0, 0.05) is 19.5 Å². The molecule has 0 heterocycles. The largest absolute Gasteiger partial charge is 0.310 e. The van der Waals surface area contributed by atoms with Crippen LogP contribution in [0.2, 0.25) is 0 Å². The van der Waals surface area contributed by atoms with E-state index < -0.39 is 6.89 Å². The fraction of sp³-hybridized carbons (Fsp3) is 0.0303. The van der Waals surface area contributed by atoms with Crippen molar-refractivity contribution >= 4 is 34.1 Å². The van der Waals surface area contributed by atoms with Crippen LogP contribution in [0.25, 0.3) is 0 Å². The summed E-state index contributed by atoms with van der Waals surface area (Å²) in [6.07, 6.45) is 0. The van der Waals surface area contributed by atoms with Gasteiger partial charge in [-0.15, -0.1) is 0 Å². The van der Waals surface area contributed by atoms with Crippen LogP contribution in [0, 0.1) is 0 Å². The lowest BCUT2D eigenvalue weighted by Gasteiger charge is -2.36. The van der Waals surface area contributed by atoms with Crippen molar-refractivity contribution < 1.29 is 4.79 Å². The third kappa shape index (κ3) is 4.33. The summed E-state index contributed by atoms with van der Waals surface area (Å²) in [5, 5.41) is 3.61. The molecule has 0 unspecified atom stereocenters. The Hall–Kier alpha value is -4.13. The summed E-state index contributed by atoms with van der Waals surface area (Å²) in [5.74, 6) is -0.0263. The summed E-state index contributed by atoms with van der Waals surface area (Å²) in [7, 11) is 1.92. The van der Waals surface area contributed by atoms with Gasteiger partial charge in [-0.2, -0.15) is 0 Å². The molecule has 0 N–H and O–H groups in total. The highest BCUT2D eigenvalue weighted by Crippen LogP contribution is 2.48. The zero-order valence-corrected chi connectivity index (χ0v) is 21.1. The van der Waals surface area contributed by atoms with Crippen LogP contribution in [-0.4, -0.2) is 23.3 Å². The highest BCUT2D eigenvalue weighted by atomic mass is 31.2. The topological polar surface area (TPSA) is 20.3 Å². The Kier molecular flexibility index (Phi) is 6.98. The van der Waals surface area contributed by atoms with Crippen molar-refractivity contribution in [3.63, 3.8) is 0 Å². The smallest absolute Gasteiger partial charge is 0.258 e. The van der Waals surface area contributed by atoms with Gasteiger partial charge in [0.15, 0.2) is 0 Å². The second-order valence-corrected chi connectivity index (χ2v) is 11.9. The van der Waals surface area contributed by atoms with Crippen LogP contribution in [0.3, 0.4) is 0 Å². The van der Waals surface area contributed by atoms with E-state index in [0.29, 0.717) is 5.56 Å². The predicted octanol–water partition coefficient (Wildman–Crippen LogP) is 5.93. The van der Waals surface area contributed by atoms with E-state index in [1.807, 2.05) is 60.5 Å². The summed E-state index contributed by atoms with van der Waals surface area (Å²) >= 11 is 0. The Morgan fingerprint density at radius 2 is 0.778 bits per heavy atom. The minimum atomic E-state index is -2.49. The van der Waals surface area contributed by atoms with E-state index in [0.717, 1.165) is 11.0 Å². The van der Waals surface area contributed by atoms with Crippen LogP contribution in [0.1, 0.15) is 15.9 Å². The SMILES string of the molecule is CN(C(=O)c1ccccc1)C(c1ccccc1)=P(c1ccccc1)(c1ccccc1)c1ccccc1. The summed E-state index contributed by atoms with van der Waals surface area (Å²) in [4.78, 5) is 15.9. The number of amides is 1. The van der Waals surface area contributed by atoms with Gasteiger partial charge in [0.05, 0.1) is 5.42 Å². The molecule has 0 saturated heterocycles. The van der Waals surface area contributed by atoms with Crippen LogP contribution >= 0.6 is 6.89 Å². The molecule has 5 rings (SSSR count). The predicted molar refractivity (Wildman–Crippen MR) is 154 cm³/mol. The van der Waals surface area contributed by atoms with E-state index in [4.69, 9.17) is 0 Å². The second kappa shape index (κ2) is 10.6. The van der Waals surface area contributed by atoms with Crippen LogP contribution < -0.4 is 15.9 Å². The molecule has 0 fully saturated rings. The molecule has 0 aliphatic carbocycles. The van der Waals surface area contributed by atoms with Gasteiger partial charge in [-0.3, -0.25) is 4.79 Å². The third-order valence-electron chi connectivity index (χ3n) is 6.42. The molecule has 0 atom stereocenters. The lowest BCUT2D eigenvalue weighted by molar-refractivity contribution is 0.0873. The molecule has 1 amide bonds. The minimum absolute atomic E-state index is 0.0263. The van der Waals surface area contributed by atoms with Crippen molar-refractivity contribution in [2.45, 2.75) is 0 Å². The fourth-order valence-electron chi connectivity index (χ4n) is 4.84. The van der Waals surface area contributed by atoms with Gasteiger partial charge in [0.2, 0.25) is 0 Å². The van der Waals surface area contributed by atoms with Gasteiger partial charge in [-0.05, 0) is 33.6 Å². The van der Waals surface area contributed by atoms with Crippen molar-refractivity contribution in [3.05, 3.63) is 163 Å². The van der Waals surface area contributed by atoms with Crippen molar-refractivity contribution in [1.29, 1.82) is 0 Å². The Morgan fingerprint density at radius 1 is 0.472 bits per heavy atom. The second-order valence-electron chi connectivity index (χ2n) is 8.60. The number of carbonyl (C=O) groups excluding carboxylic acids is 1. The quantitative estimate of drug-likeness (QED) is 0.273. The maximum absolute atomic E-state index is 14.0. The van der Waals surface area contributed by atoms with Gasteiger partial charge in [0.25, 0.3) is 5.91 Å². The molecule has 5 aromatic rings. The van der Waals surface area contributed by atoms with Gasteiger partial charge in [-0.25, -0.2) is 0 Å². The summed E-state index contributed by atoms with van der Waals surface area (Å²) in [5.41, 5.74) is 2.72. The zero-order valence-electron chi connectivity index (χ0n) is 20.2. The molecule has 5 aromatic carbocycles. The first-order valence-corrected chi connectivity index (χ1v) is 13.8. The summed E-state index contributed by atoms with van der Waals surface area (Å²) in [6, 6.07) is 51.8. The van der Waals surface area contributed by atoms with Gasteiger partial charge in [-0.1, -0.05) is 140 Å². The van der Waals surface area contributed by atoms with Crippen LogP contribution in [0.15, 0.2) is 152 Å². The highest BCUT2D eigenvalue weighted by Gasteiger charge is 2.34. The number of hydrogen-bond donors (Lipinski definition) is 0. The number of benzene rings is 5. The summed E-state index contributed by atoms with van der Waals surface area (Å²) < 4.78 is 0. The van der Waals surface area contributed by atoms with E-state index >= 15 is 0 Å². The molecule has 2 nitrogen and oxygen atoms in total. The fourth-order valence-corrected chi connectivity index (χ4v) is 9.40. The Balaban J connectivity index is 1.99. The zero-order chi connectivity index (χ0) is 24.8. The van der Waals surface area contributed by atoms with Gasteiger partial charge in [0.1, 0.15) is 0 Å². The number of nitrogens with zero attached hydrogens (tertiary/aromatic N) is 1. The molecule has 0 aliphatic heterocycles. The molecule has 0 radical (unpaired) electrons. The number of carbonyl (C=O) groups is 1. The highest BCUT2D eigenvalue weighted by molar-refractivity contribution is 7.95. The Labute approximate surface area is 213 Å². The van der Waals surface area contributed by atoms with Crippen molar-refractivity contribution in [2.75, 3.05) is 7.05 Å². The Morgan fingerprint density at radius 3 is 1.14 bits per heavy atom. The van der Waals surface area contributed by atoms with E-state index in [1.54, 1.807) is 0 Å². The molecule has 0 saturated carbocycles. The first kappa shape index (κ1) is 23.6. The summed E-state index contributed by atoms with van der Waals surface area (Å²) in [6.45, 7) is -2.49. The van der Waals surface area contributed by atoms with E-state index in [-0.39, 0.29) is 5.91 Å². The molecule has 3 heteroatoms. The first-order valence-electron chi connectivity index (χ1n) is 12.0. The van der Waals surface area contributed by atoms with Crippen molar-refractivity contribution in [3.8, 4) is 0 Å². The maximum Gasteiger partial charge on any atom is 0.258 e. The molecule has 0 aliphatic rings. The minimum Gasteiger partial charge on any atom is -0.310 e. The van der Waals surface area contributed by atoms with Crippen LogP contribution in [-0.2, 0) is 0 Å². The molecule has 176 valence electrons. The molecule has 0 bridgehead atoms. The van der Waals surface area contributed by atoms with Crippen molar-refractivity contribution in [1.82, 2.24) is 4.90 Å². The van der Waals surface area contributed by atoms with E-state index in [2.05, 4.69) is 103 Å².